The van der Waals surface area contributed by atoms with Crippen molar-refractivity contribution in [3.05, 3.63) is 101 Å². The molecule has 0 saturated carbocycles. The van der Waals surface area contributed by atoms with E-state index in [0.29, 0.717) is 22.8 Å². The third kappa shape index (κ3) is 5.39. The SMILES string of the molecule is CCc1ccc(NC(=O)/C(C#N)=C2/S[C@H](Cc3ccc(OC)cc3)C(=O)N2c2ccccc2)cc1. The number of aryl methyl sites for hydroxylation is 1. The molecule has 1 aliphatic rings. The van der Waals surface area contributed by atoms with E-state index < -0.39 is 11.2 Å². The number of ether oxygens (including phenoxy) is 1. The third-order valence-electron chi connectivity index (χ3n) is 5.72. The van der Waals surface area contributed by atoms with Gasteiger partial charge < -0.3 is 10.1 Å². The fourth-order valence-corrected chi connectivity index (χ4v) is 5.10. The van der Waals surface area contributed by atoms with Crippen LogP contribution in [0.1, 0.15) is 18.1 Å². The van der Waals surface area contributed by atoms with Crippen molar-refractivity contribution in [2.24, 2.45) is 0 Å². The second kappa shape index (κ2) is 10.9. The molecule has 1 aliphatic heterocycles. The lowest BCUT2D eigenvalue weighted by Gasteiger charge is -2.18. The average molecular weight is 484 g/mol. The molecule has 2 amide bonds. The molecule has 1 heterocycles. The number of hydrogen-bond donors (Lipinski definition) is 1. The van der Waals surface area contributed by atoms with Crippen molar-refractivity contribution in [3.8, 4) is 11.8 Å². The number of benzene rings is 3. The summed E-state index contributed by atoms with van der Waals surface area (Å²) in [5.74, 6) is 0.0269. The highest BCUT2D eigenvalue weighted by atomic mass is 32.2. The van der Waals surface area contributed by atoms with Gasteiger partial charge in [-0.25, -0.2) is 0 Å². The first kappa shape index (κ1) is 24.1. The molecule has 1 N–H and O–H groups in total. The molecule has 176 valence electrons. The first-order chi connectivity index (χ1) is 17.0. The molecule has 4 rings (SSSR count). The van der Waals surface area contributed by atoms with Gasteiger partial charge in [0.2, 0.25) is 5.91 Å². The number of rotatable bonds is 7. The molecule has 1 atom stereocenters. The Morgan fingerprint density at radius 2 is 1.69 bits per heavy atom. The largest absolute Gasteiger partial charge is 0.497 e. The van der Waals surface area contributed by atoms with Crippen molar-refractivity contribution in [2.75, 3.05) is 17.3 Å². The Bertz CT molecular complexity index is 1280. The molecule has 3 aromatic carbocycles. The monoisotopic (exact) mass is 483 g/mol. The summed E-state index contributed by atoms with van der Waals surface area (Å²) in [6, 6.07) is 26.2. The van der Waals surface area contributed by atoms with Crippen molar-refractivity contribution >= 4 is 35.0 Å². The summed E-state index contributed by atoms with van der Waals surface area (Å²) in [7, 11) is 1.60. The maximum absolute atomic E-state index is 13.5. The zero-order chi connectivity index (χ0) is 24.8. The summed E-state index contributed by atoms with van der Waals surface area (Å²) in [6.45, 7) is 2.06. The molecule has 0 aromatic heterocycles. The molecule has 0 bridgehead atoms. The highest BCUT2D eigenvalue weighted by Crippen LogP contribution is 2.42. The summed E-state index contributed by atoms with van der Waals surface area (Å²) in [6.07, 6.45) is 1.35. The normalized spacial score (nSPS) is 16.5. The van der Waals surface area contributed by atoms with Crippen LogP contribution in [0.4, 0.5) is 11.4 Å². The zero-order valence-electron chi connectivity index (χ0n) is 19.5. The smallest absolute Gasteiger partial charge is 0.269 e. The summed E-state index contributed by atoms with van der Waals surface area (Å²) in [5.41, 5.74) is 3.23. The molecular weight excluding hydrogens is 458 g/mol. The molecule has 3 aromatic rings. The Hall–Kier alpha value is -4.02. The van der Waals surface area contributed by atoms with E-state index in [0.717, 1.165) is 23.3 Å². The Morgan fingerprint density at radius 3 is 2.29 bits per heavy atom. The summed E-state index contributed by atoms with van der Waals surface area (Å²) in [4.78, 5) is 28.2. The molecule has 6 nitrogen and oxygen atoms in total. The van der Waals surface area contributed by atoms with Gasteiger partial charge in [-0.15, -0.1) is 0 Å². The Labute approximate surface area is 209 Å². The number of nitriles is 1. The molecular formula is C28H25N3O3S. The van der Waals surface area contributed by atoms with E-state index in [4.69, 9.17) is 4.74 Å². The predicted octanol–water partition coefficient (Wildman–Crippen LogP) is 5.32. The van der Waals surface area contributed by atoms with Gasteiger partial charge in [0, 0.05) is 11.4 Å². The second-order valence-electron chi connectivity index (χ2n) is 7.96. The zero-order valence-corrected chi connectivity index (χ0v) is 20.3. The minimum absolute atomic E-state index is 0.0935. The van der Waals surface area contributed by atoms with Crippen molar-refractivity contribution in [1.82, 2.24) is 0 Å². The number of amides is 2. The van der Waals surface area contributed by atoms with E-state index in [-0.39, 0.29) is 11.5 Å². The number of para-hydroxylation sites is 1. The Morgan fingerprint density at radius 1 is 1.03 bits per heavy atom. The van der Waals surface area contributed by atoms with E-state index in [1.165, 1.54) is 16.7 Å². The van der Waals surface area contributed by atoms with Crippen LogP contribution in [0, 0.1) is 11.3 Å². The van der Waals surface area contributed by atoms with Crippen LogP contribution in [0.5, 0.6) is 5.75 Å². The van der Waals surface area contributed by atoms with Crippen molar-refractivity contribution in [3.63, 3.8) is 0 Å². The Kier molecular flexibility index (Phi) is 7.54. The van der Waals surface area contributed by atoms with E-state index in [1.807, 2.05) is 72.8 Å². The quantitative estimate of drug-likeness (QED) is 0.363. The third-order valence-corrected chi connectivity index (χ3v) is 6.98. The maximum Gasteiger partial charge on any atom is 0.269 e. The van der Waals surface area contributed by atoms with Crippen LogP contribution >= 0.6 is 11.8 Å². The molecule has 0 spiro atoms. The average Bonchev–Trinajstić information content (AvgIpc) is 3.21. The lowest BCUT2D eigenvalue weighted by molar-refractivity contribution is -0.117. The molecule has 0 unspecified atom stereocenters. The summed E-state index contributed by atoms with van der Waals surface area (Å²) >= 11 is 1.25. The lowest BCUT2D eigenvalue weighted by Crippen LogP contribution is -2.30. The highest BCUT2D eigenvalue weighted by Gasteiger charge is 2.40. The van der Waals surface area contributed by atoms with Gasteiger partial charge in [0.05, 0.1) is 12.4 Å². The van der Waals surface area contributed by atoms with Gasteiger partial charge in [-0.3, -0.25) is 14.5 Å². The number of hydrogen-bond acceptors (Lipinski definition) is 5. The first-order valence-electron chi connectivity index (χ1n) is 11.3. The highest BCUT2D eigenvalue weighted by molar-refractivity contribution is 8.05. The number of carbonyl (C=O) groups excluding carboxylic acids is 2. The fraction of sp³-hybridized carbons (Fsp3) is 0.179. The van der Waals surface area contributed by atoms with Crippen LogP contribution in [0.3, 0.4) is 0 Å². The van der Waals surface area contributed by atoms with Crippen LogP contribution < -0.4 is 15.0 Å². The molecule has 0 aliphatic carbocycles. The molecule has 1 saturated heterocycles. The number of anilines is 2. The van der Waals surface area contributed by atoms with Gasteiger partial charge >= 0.3 is 0 Å². The maximum atomic E-state index is 13.5. The van der Waals surface area contributed by atoms with E-state index in [1.54, 1.807) is 19.2 Å². The van der Waals surface area contributed by atoms with Gasteiger partial charge in [-0.1, -0.05) is 61.2 Å². The topological polar surface area (TPSA) is 82.4 Å². The summed E-state index contributed by atoms with van der Waals surface area (Å²) in [5, 5.41) is 12.6. The minimum atomic E-state index is -0.543. The number of nitrogens with zero attached hydrogens (tertiary/aromatic N) is 2. The van der Waals surface area contributed by atoms with Crippen molar-refractivity contribution < 1.29 is 14.3 Å². The van der Waals surface area contributed by atoms with Crippen LogP contribution in [-0.2, 0) is 22.4 Å². The first-order valence-corrected chi connectivity index (χ1v) is 12.1. The number of methoxy groups -OCH3 is 1. The van der Waals surface area contributed by atoms with Crippen LogP contribution in [0.25, 0.3) is 0 Å². The summed E-state index contributed by atoms with van der Waals surface area (Å²) < 4.78 is 5.22. The molecule has 1 fully saturated rings. The van der Waals surface area contributed by atoms with Crippen molar-refractivity contribution in [1.29, 1.82) is 5.26 Å². The fourth-order valence-electron chi connectivity index (χ4n) is 3.79. The molecule has 35 heavy (non-hydrogen) atoms. The van der Waals surface area contributed by atoms with Gasteiger partial charge in [0.25, 0.3) is 5.91 Å². The number of thioether (sulfide) groups is 1. The van der Waals surface area contributed by atoms with Crippen LogP contribution in [-0.4, -0.2) is 24.2 Å². The lowest BCUT2D eigenvalue weighted by atomic mass is 10.1. The van der Waals surface area contributed by atoms with Gasteiger partial charge in [0.15, 0.2) is 0 Å². The number of nitrogens with one attached hydrogen (secondary N) is 1. The standard InChI is InChI=1S/C28H25N3O3S/c1-3-19-9-13-21(14-10-19)30-26(32)24(18-29)28-31(22-7-5-4-6-8-22)27(33)25(35-28)17-20-11-15-23(34-2)16-12-20/h4-16,25H,3,17H2,1-2H3,(H,30,32)/b28-24+/t25-/m1/s1. The minimum Gasteiger partial charge on any atom is -0.497 e. The van der Waals surface area contributed by atoms with Gasteiger partial charge in [-0.2, -0.15) is 5.26 Å². The van der Waals surface area contributed by atoms with Gasteiger partial charge in [-0.05, 0) is 60.4 Å². The van der Waals surface area contributed by atoms with Crippen molar-refractivity contribution in [2.45, 2.75) is 25.0 Å². The van der Waals surface area contributed by atoms with Crippen LogP contribution in [0.15, 0.2) is 89.5 Å². The van der Waals surface area contributed by atoms with Crippen LogP contribution in [0.2, 0.25) is 0 Å². The molecule has 0 radical (unpaired) electrons. The predicted molar refractivity (Wildman–Crippen MR) is 139 cm³/mol. The van der Waals surface area contributed by atoms with E-state index >= 15 is 0 Å². The second-order valence-corrected chi connectivity index (χ2v) is 9.16. The molecule has 7 heteroatoms. The van der Waals surface area contributed by atoms with E-state index in [9.17, 15) is 14.9 Å². The number of carbonyl (C=O) groups is 2. The van der Waals surface area contributed by atoms with E-state index in [2.05, 4.69) is 12.2 Å². The Balaban J connectivity index is 1.66. The van der Waals surface area contributed by atoms with Gasteiger partial charge in [0.1, 0.15) is 22.4 Å².